The van der Waals surface area contributed by atoms with E-state index in [-0.39, 0.29) is 17.9 Å². The van der Waals surface area contributed by atoms with Gasteiger partial charge in [0.05, 0.1) is 6.04 Å². The van der Waals surface area contributed by atoms with Crippen LogP contribution in [0.15, 0.2) is 30.5 Å². The minimum absolute atomic E-state index is 0.138. The molecule has 3 fully saturated rings. The van der Waals surface area contributed by atoms with Crippen molar-refractivity contribution in [1.82, 2.24) is 19.3 Å². The van der Waals surface area contributed by atoms with Gasteiger partial charge in [-0.1, -0.05) is 6.42 Å². The number of carbonyl (C=O) groups is 2. The Morgan fingerprint density at radius 2 is 1.82 bits per heavy atom. The number of likely N-dealkylation sites (N-methyl/N-ethyl adjacent to an activating group) is 1. The predicted octanol–water partition coefficient (Wildman–Crippen LogP) is 2.35. The number of benzene rings is 1. The number of hydrogen-bond acceptors (Lipinski definition) is 3. The van der Waals surface area contributed by atoms with Gasteiger partial charge in [-0.3, -0.25) is 14.5 Å². The standard InChI is InChI=1S/C22H28N4O2/c1-23-15-19(14-21(23)27)26-8-7-16-13-17(5-6-20(16)26)22(28)25-11-9-24(10-12-25)18-3-2-4-18/h5-8,13,18-19H,2-4,9-12,14-15H2,1H3. The van der Waals surface area contributed by atoms with Crippen LogP contribution in [-0.2, 0) is 4.79 Å². The number of nitrogens with zero attached hydrogens (tertiary/aromatic N) is 4. The van der Waals surface area contributed by atoms with Crippen molar-refractivity contribution >= 4 is 22.7 Å². The van der Waals surface area contributed by atoms with Gasteiger partial charge < -0.3 is 14.4 Å². The van der Waals surface area contributed by atoms with Crippen molar-refractivity contribution in [3.05, 3.63) is 36.0 Å². The molecule has 148 valence electrons. The molecule has 1 aliphatic carbocycles. The highest BCUT2D eigenvalue weighted by Crippen LogP contribution is 2.29. The highest BCUT2D eigenvalue weighted by molar-refractivity contribution is 5.98. The summed E-state index contributed by atoms with van der Waals surface area (Å²) in [7, 11) is 1.86. The zero-order valence-corrected chi connectivity index (χ0v) is 16.5. The summed E-state index contributed by atoms with van der Waals surface area (Å²) in [5, 5.41) is 1.07. The fourth-order valence-corrected chi connectivity index (χ4v) is 4.87. The van der Waals surface area contributed by atoms with Gasteiger partial charge in [-0.25, -0.2) is 0 Å². The molecule has 1 saturated carbocycles. The first-order chi connectivity index (χ1) is 13.6. The second kappa shape index (κ2) is 6.92. The van der Waals surface area contributed by atoms with Gasteiger partial charge in [0, 0.05) is 74.9 Å². The van der Waals surface area contributed by atoms with Crippen LogP contribution in [-0.4, -0.2) is 76.9 Å². The maximum absolute atomic E-state index is 13.0. The molecular weight excluding hydrogens is 352 g/mol. The Morgan fingerprint density at radius 3 is 2.46 bits per heavy atom. The summed E-state index contributed by atoms with van der Waals surface area (Å²) < 4.78 is 2.18. The van der Waals surface area contributed by atoms with E-state index in [4.69, 9.17) is 0 Å². The van der Waals surface area contributed by atoms with E-state index in [1.807, 2.05) is 36.3 Å². The molecule has 2 saturated heterocycles. The molecule has 3 heterocycles. The second-order valence-corrected chi connectivity index (χ2v) is 8.54. The first-order valence-electron chi connectivity index (χ1n) is 10.5. The van der Waals surface area contributed by atoms with Gasteiger partial charge in [-0.05, 0) is 37.1 Å². The third kappa shape index (κ3) is 3.00. The number of piperazine rings is 1. The Hall–Kier alpha value is -2.34. The Morgan fingerprint density at radius 1 is 1.04 bits per heavy atom. The van der Waals surface area contributed by atoms with E-state index in [1.54, 1.807) is 4.90 Å². The number of rotatable bonds is 3. The number of carbonyl (C=O) groups excluding carboxylic acids is 2. The zero-order valence-electron chi connectivity index (χ0n) is 16.5. The summed E-state index contributed by atoms with van der Waals surface area (Å²) >= 11 is 0. The fourth-order valence-electron chi connectivity index (χ4n) is 4.87. The molecule has 0 bridgehead atoms. The normalized spacial score (nSPS) is 24.2. The summed E-state index contributed by atoms with van der Waals surface area (Å²) in [6.45, 7) is 4.39. The number of hydrogen-bond donors (Lipinski definition) is 0. The van der Waals surface area contributed by atoms with Crippen molar-refractivity contribution < 1.29 is 9.59 Å². The van der Waals surface area contributed by atoms with E-state index >= 15 is 0 Å². The van der Waals surface area contributed by atoms with E-state index in [0.717, 1.165) is 55.2 Å². The first-order valence-corrected chi connectivity index (χ1v) is 10.5. The van der Waals surface area contributed by atoms with E-state index in [0.29, 0.717) is 6.42 Å². The predicted molar refractivity (Wildman–Crippen MR) is 108 cm³/mol. The second-order valence-electron chi connectivity index (χ2n) is 8.54. The van der Waals surface area contributed by atoms with Crippen LogP contribution in [0.5, 0.6) is 0 Å². The van der Waals surface area contributed by atoms with Crippen molar-refractivity contribution in [2.75, 3.05) is 39.8 Å². The average molecular weight is 380 g/mol. The van der Waals surface area contributed by atoms with Crippen molar-refractivity contribution in [2.24, 2.45) is 0 Å². The molecule has 2 amide bonds. The average Bonchev–Trinajstić information content (AvgIpc) is 3.23. The molecule has 2 aliphatic heterocycles. The summed E-state index contributed by atoms with van der Waals surface area (Å²) in [6.07, 6.45) is 6.60. The fraction of sp³-hybridized carbons (Fsp3) is 0.545. The molecule has 5 rings (SSSR count). The van der Waals surface area contributed by atoms with Crippen molar-refractivity contribution in [3.63, 3.8) is 0 Å². The van der Waals surface area contributed by atoms with Gasteiger partial charge in [0.1, 0.15) is 0 Å². The maximum atomic E-state index is 13.0. The summed E-state index contributed by atoms with van der Waals surface area (Å²) in [6, 6.07) is 8.98. The van der Waals surface area contributed by atoms with Crippen LogP contribution in [0, 0.1) is 0 Å². The molecule has 0 radical (unpaired) electrons. The first kappa shape index (κ1) is 17.7. The molecule has 2 aromatic rings. The summed E-state index contributed by atoms with van der Waals surface area (Å²) in [5.74, 6) is 0.332. The lowest BCUT2D eigenvalue weighted by atomic mass is 9.91. The molecule has 6 heteroatoms. The van der Waals surface area contributed by atoms with Crippen molar-refractivity contribution in [1.29, 1.82) is 0 Å². The molecule has 3 aliphatic rings. The van der Waals surface area contributed by atoms with E-state index < -0.39 is 0 Å². The van der Waals surface area contributed by atoms with Crippen molar-refractivity contribution in [2.45, 2.75) is 37.8 Å². The largest absolute Gasteiger partial charge is 0.344 e. The molecule has 0 N–H and O–H groups in total. The molecule has 1 aromatic carbocycles. The Bertz CT molecular complexity index is 908. The molecule has 0 spiro atoms. The molecule has 1 atom stereocenters. The third-order valence-electron chi connectivity index (χ3n) is 6.87. The monoisotopic (exact) mass is 380 g/mol. The van der Waals surface area contributed by atoms with Gasteiger partial charge in [-0.2, -0.15) is 0 Å². The van der Waals surface area contributed by atoms with Gasteiger partial charge in [0.2, 0.25) is 5.91 Å². The lowest BCUT2D eigenvalue weighted by Gasteiger charge is -2.42. The third-order valence-corrected chi connectivity index (χ3v) is 6.87. The lowest BCUT2D eigenvalue weighted by Crippen LogP contribution is -2.53. The summed E-state index contributed by atoms with van der Waals surface area (Å²) in [4.78, 5) is 31.2. The highest BCUT2D eigenvalue weighted by atomic mass is 16.2. The van der Waals surface area contributed by atoms with Crippen LogP contribution in [0.3, 0.4) is 0 Å². The smallest absolute Gasteiger partial charge is 0.253 e. The van der Waals surface area contributed by atoms with E-state index in [2.05, 4.69) is 15.5 Å². The number of amides is 2. The number of fused-ring (bicyclic) bond motifs is 1. The lowest BCUT2D eigenvalue weighted by molar-refractivity contribution is -0.126. The van der Waals surface area contributed by atoms with Gasteiger partial charge >= 0.3 is 0 Å². The highest BCUT2D eigenvalue weighted by Gasteiger charge is 2.30. The van der Waals surface area contributed by atoms with Crippen molar-refractivity contribution in [3.8, 4) is 0 Å². The van der Waals surface area contributed by atoms with Crippen LogP contribution >= 0.6 is 0 Å². The van der Waals surface area contributed by atoms with Gasteiger partial charge in [0.25, 0.3) is 5.91 Å². The van der Waals surface area contributed by atoms with E-state index in [9.17, 15) is 9.59 Å². The molecule has 1 aromatic heterocycles. The van der Waals surface area contributed by atoms with Gasteiger partial charge in [-0.15, -0.1) is 0 Å². The molecular formula is C22H28N4O2. The molecule has 1 unspecified atom stereocenters. The topological polar surface area (TPSA) is 48.8 Å². The molecule has 6 nitrogen and oxygen atoms in total. The van der Waals surface area contributed by atoms with Crippen LogP contribution in [0.1, 0.15) is 42.1 Å². The van der Waals surface area contributed by atoms with Crippen LogP contribution in [0.2, 0.25) is 0 Å². The Kier molecular flexibility index (Phi) is 4.38. The summed E-state index contributed by atoms with van der Waals surface area (Å²) in [5.41, 5.74) is 1.86. The Balaban J connectivity index is 1.30. The van der Waals surface area contributed by atoms with Crippen LogP contribution in [0.4, 0.5) is 0 Å². The number of aromatic nitrogens is 1. The SMILES string of the molecule is CN1CC(n2ccc3cc(C(=O)N4CCN(C5CCC5)CC4)ccc32)CC1=O. The van der Waals surface area contributed by atoms with Crippen LogP contribution < -0.4 is 0 Å². The Labute approximate surface area is 165 Å². The van der Waals surface area contributed by atoms with Crippen LogP contribution in [0.25, 0.3) is 10.9 Å². The van der Waals surface area contributed by atoms with E-state index in [1.165, 1.54) is 19.3 Å². The van der Waals surface area contributed by atoms with Gasteiger partial charge in [0.15, 0.2) is 0 Å². The quantitative estimate of drug-likeness (QED) is 0.821. The maximum Gasteiger partial charge on any atom is 0.253 e. The number of likely N-dealkylation sites (tertiary alicyclic amines) is 1. The minimum atomic E-state index is 0.138. The minimum Gasteiger partial charge on any atom is -0.344 e. The zero-order chi connectivity index (χ0) is 19.3. The molecule has 28 heavy (non-hydrogen) atoms.